The maximum Gasteiger partial charge on any atom is 0.326 e. The van der Waals surface area contributed by atoms with Gasteiger partial charge in [0.05, 0.1) is 16.6 Å². The number of rotatable bonds is 3. The largest absolute Gasteiger partial charge is 0.488 e. The molecule has 0 bridgehead atoms. The molecule has 0 radical (unpaired) electrons. The molecule has 2 saturated heterocycles. The number of hydrogen-bond donors (Lipinski definition) is 1. The van der Waals surface area contributed by atoms with Gasteiger partial charge in [0.2, 0.25) is 0 Å². The second-order valence-corrected chi connectivity index (χ2v) is 9.50. The monoisotopic (exact) mass is 446 g/mol. The van der Waals surface area contributed by atoms with E-state index in [9.17, 15) is 9.59 Å². The molecule has 1 aromatic heterocycles. The lowest BCUT2D eigenvalue weighted by Crippen LogP contribution is -2.49. The number of carbonyl (C=O) groups is 1. The normalized spacial score (nSPS) is 22.5. The van der Waals surface area contributed by atoms with E-state index >= 15 is 0 Å². The number of hydrogen-bond acceptors (Lipinski definition) is 4. The zero-order valence-electron chi connectivity index (χ0n) is 18.8. The average molecular weight is 447 g/mol. The fourth-order valence-corrected chi connectivity index (χ4v) is 5.94. The van der Waals surface area contributed by atoms with Crippen LogP contribution >= 0.6 is 0 Å². The van der Waals surface area contributed by atoms with Gasteiger partial charge in [-0.2, -0.15) is 0 Å². The quantitative estimate of drug-likeness (QED) is 0.787. The molecule has 7 heteroatoms. The molecule has 1 N–H and O–H groups in total. The van der Waals surface area contributed by atoms with Crippen LogP contribution in [-0.4, -0.2) is 64.1 Å². The van der Waals surface area contributed by atoms with Crippen LogP contribution in [0.3, 0.4) is 0 Å². The fourth-order valence-electron chi connectivity index (χ4n) is 5.94. The lowest BCUT2D eigenvalue weighted by Gasteiger charge is -2.42. The van der Waals surface area contributed by atoms with Gasteiger partial charge in [0.1, 0.15) is 12.4 Å². The summed E-state index contributed by atoms with van der Waals surface area (Å²) in [4.78, 5) is 33.3. The van der Waals surface area contributed by atoms with E-state index in [1.807, 2.05) is 39.8 Å². The van der Waals surface area contributed by atoms with Crippen LogP contribution in [0.1, 0.15) is 38.1 Å². The molecular weight excluding hydrogens is 416 g/mol. The summed E-state index contributed by atoms with van der Waals surface area (Å²) in [5.74, 6) is 0.892. The third-order valence-corrected chi connectivity index (χ3v) is 7.70. The summed E-state index contributed by atoms with van der Waals surface area (Å²) in [6.45, 7) is 4.14. The summed E-state index contributed by atoms with van der Waals surface area (Å²) in [6, 6.07) is 8.69. The zero-order valence-corrected chi connectivity index (χ0v) is 18.8. The standard InChI is InChI=1S/C26H30N4O3/c31-25(21-5-3-4-18-12-17-33-24(18)21)29-15-8-19(9-16-29)28-13-10-20(11-14-28)30-23-7-2-1-6-22(23)27-26(30)32/h1-3,5-7,12,19-20H,4,8-11,13-17H2,(H,27,32). The predicted octanol–water partition coefficient (Wildman–Crippen LogP) is 3.13. The summed E-state index contributed by atoms with van der Waals surface area (Å²) >= 11 is 0. The van der Waals surface area contributed by atoms with E-state index in [4.69, 9.17) is 4.74 Å². The van der Waals surface area contributed by atoms with Crippen molar-refractivity contribution >= 4 is 16.9 Å². The van der Waals surface area contributed by atoms with Gasteiger partial charge >= 0.3 is 5.69 Å². The summed E-state index contributed by atoms with van der Waals surface area (Å²) in [6.07, 6.45) is 10.9. The number of fused-ring (bicyclic) bond motifs is 2. The Morgan fingerprint density at radius 3 is 2.58 bits per heavy atom. The van der Waals surface area contributed by atoms with E-state index in [0.29, 0.717) is 18.2 Å². The first-order chi connectivity index (χ1) is 16.2. The Morgan fingerprint density at radius 2 is 1.76 bits per heavy atom. The van der Waals surface area contributed by atoms with Crippen molar-refractivity contribution in [3.8, 4) is 0 Å². The van der Waals surface area contributed by atoms with Gasteiger partial charge in [0.25, 0.3) is 5.91 Å². The van der Waals surface area contributed by atoms with Crippen molar-refractivity contribution in [3.63, 3.8) is 0 Å². The predicted molar refractivity (Wildman–Crippen MR) is 127 cm³/mol. The number of ether oxygens (including phenoxy) is 1. The number of allylic oxidation sites excluding steroid dienone is 2. The molecule has 0 spiro atoms. The summed E-state index contributed by atoms with van der Waals surface area (Å²) in [7, 11) is 0. The topological polar surface area (TPSA) is 70.6 Å². The van der Waals surface area contributed by atoms with Crippen molar-refractivity contribution in [3.05, 3.63) is 69.9 Å². The minimum atomic E-state index is -0.00199. The number of carbonyl (C=O) groups excluding carboxylic acids is 1. The highest BCUT2D eigenvalue weighted by atomic mass is 16.5. The van der Waals surface area contributed by atoms with Crippen molar-refractivity contribution in [2.75, 3.05) is 32.8 Å². The molecule has 2 aromatic rings. The van der Waals surface area contributed by atoms with Crippen molar-refractivity contribution in [2.24, 2.45) is 0 Å². The molecule has 33 heavy (non-hydrogen) atoms. The summed E-state index contributed by atoms with van der Waals surface area (Å²) in [5, 5.41) is 0. The smallest absolute Gasteiger partial charge is 0.326 e. The highest BCUT2D eigenvalue weighted by Gasteiger charge is 2.33. The van der Waals surface area contributed by atoms with Gasteiger partial charge < -0.3 is 19.5 Å². The van der Waals surface area contributed by atoms with Gasteiger partial charge in [-0.1, -0.05) is 18.2 Å². The fraction of sp³-hybridized carbons (Fsp3) is 0.462. The molecule has 1 amide bonds. The van der Waals surface area contributed by atoms with Gasteiger partial charge in [0, 0.05) is 38.3 Å². The van der Waals surface area contributed by atoms with Crippen LogP contribution in [0, 0.1) is 0 Å². The highest BCUT2D eigenvalue weighted by Crippen LogP contribution is 2.32. The Labute approximate surface area is 193 Å². The summed E-state index contributed by atoms with van der Waals surface area (Å²) in [5.41, 5.74) is 3.78. The molecule has 1 aromatic carbocycles. The first-order valence-corrected chi connectivity index (χ1v) is 12.1. The van der Waals surface area contributed by atoms with Gasteiger partial charge in [0.15, 0.2) is 0 Å². The molecule has 0 saturated carbocycles. The molecule has 4 aliphatic rings. The zero-order chi connectivity index (χ0) is 22.4. The van der Waals surface area contributed by atoms with Crippen LogP contribution in [0.4, 0.5) is 0 Å². The number of amides is 1. The van der Waals surface area contributed by atoms with E-state index in [1.165, 1.54) is 0 Å². The second kappa shape index (κ2) is 8.37. The molecule has 2 fully saturated rings. The van der Waals surface area contributed by atoms with Gasteiger partial charge in [-0.05, 0) is 62.0 Å². The number of benzene rings is 1. The maximum atomic E-state index is 13.2. The van der Waals surface area contributed by atoms with Crippen LogP contribution in [0.2, 0.25) is 0 Å². The van der Waals surface area contributed by atoms with Crippen molar-refractivity contribution in [1.29, 1.82) is 0 Å². The van der Waals surface area contributed by atoms with Crippen molar-refractivity contribution in [1.82, 2.24) is 19.4 Å². The van der Waals surface area contributed by atoms with Gasteiger partial charge in [-0.15, -0.1) is 0 Å². The van der Waals surface area contributed by atoms with Crippen LogP contribution in [0.25, 0.3) is 11.0 Å². The molecule has 0 atom stereocenters. The SMILES string of the molecule is O=C(C1=C2OCC=C2CC=C1)N1CCC(N2CCC(n3c(=O)[nH]c4ccccc43)CC2)CC1. The minimum absolute atomic E-state index is 0.00199. The third kappa shape index (κ3) is 3.64. The molecule has 1 aliphatic carbocycles. The Balaban J connectivity index is 1.07. The van der Waals surface area contributed by atoms with Gasteiger partial charge in [-0.3, -0.25) is 9.36 Å². The van der Waals surface area contributed by atoms with E-state index in [-0.39, 0.29) is 17.6 Å². The van der Waals surface area contributed by atoms with E-state index in [1.54, 1.807) is 0 Å². The number of nitrogens with one attached hydrogen (secondary N) is 1. The first kappa shape index (κ1) is 20.5. The van der Waals surface area contributed by atoms with E-state index in [2.05, 4.69) is 22.0 Å². The minimum Gasteiger partial charge on any atom is -0.488 e. The molecular formula is C26H30N4O3. The van der Waals surface area contributed by atoms with Crippen molar-refractivity contribution in [2.45, 2.75) is 44.2 Å². The number of piperidine rings is 2. The molecule has 6 rings (SSSR count). The van der Waals surface area contributed by atoms with Crippen LogP contribution < -0.4 is 5.69 Å². The Hall–Kier alpha value is -3.06. The van der Waals surface area contributed by atoms with E-state index < -0.39 is 0 Å². The third-order valence-electron chi connectivity index (χ3n) is 7.70. The molecule has 3 aliphatic heterocycles. The van der Waals surface area contributed by atoms with Crippen LogP contribution in [0.15, 0.2) is 64.2 Å². The lowest BCUT2D eigenvalue weighted by molar-refractivity contribution is -0.128. The molecule has 4 heterocycles. The highest BCUT2D eigenvalue weighted by molar-refractivity contribution is 5.98. The number of aromatic amines is 1. The van der Waals surface area contributed by atoms with Crippen molar-refractivity contribution < 1.29 is 9.53 Å². The molecule has 7 nitrogen and oxygen atoms in total. The number of aromatic nitrogens is 2. The molecule has 172 valence electrons. The van der Waals surface area contributed by atoms with Crippen LogP contribution in [0.5, 0.6) is 0 Å². The van der Waals surface area contributed by atoms with E-state index in [0.717, 1.165) is 80.6 Å². The Morgan fingerprint density at radius 1 is 1.00 bits per heavy atom. The number of likely N-dealkylation sites (tertiary alicyclic amines) is 2. The molecule has 0 unspecified atom stereocenters. The summed E-state index contributed by atoms with van der Waals surface area (Å²) < 4.78 is 7.68. The number of nitrogens with zero attached hydrogens (tertiary/aromatic N) is 3. The maximum absolute atomic E-state index is 13.2. The lowest BCUT2D eigenvalue weighted by atomic mass is 9.96. The van der Waals surface area contributed by atoms with Crippen LogP contribution in [-0.2, 0) is 9.53 Å². The van der Waals surface area contributed by atoms with Gasteiger partial charge in [-0.25, -0.2) is 4.79 Å². The number of para-hydroxylation sites is 2. The Bertz CT molecular complexity index is 1220. The number of imidazole rings is 1. The number of H-pyrrole nitrogens is 1. The second-order valence-electron chi connectivity index (χ2n) is 9.50. The average Bonchev–Trinajstić information content (AvgIpc) is 3.47. The Kier molecular flexibility index (Phi) is 5.21. The first-order valence-electron chi connectivity index (χ1n) is 12.1.